The Balaban J connectivity index is 0.000000213. The molecule has 0 radical (unpaired) electrons. The fourth-order valence-corrected chi connectivity index (χ4v) is 8.02. The van der Waals surface area contributed by atoms with Crippen LogP contribution >= 0.6 is 0 Å². The third-order valence-electron chi connectivity index (χ3n) is 8.87. The van der Waals surface area contributed by atoms with Crippen molar-refractivity contribution < 1.29 is 0 Å². The minimum Gasteiger partial charge on any atom is -0.295 e. The largest absolute Gasteiger partial charge is 0.295 e. The van der Waals surface area contributed by atoms with Crippen LogP contribution in [0.4, 0.5) is 0 Å². The molecule has 1 aliphatic carbocycles. The number of piperidine rings is 1. The average Bonchev–Trinajstić information content (AvgIpc) is 3.29. The van der Waals surface area contributed by atoms with Crippen LogP contribution in [0.25, 0.3) is 0 Å². The maximum Gasteiger partial charge on any atom is 0.0138 e. The summed E-state index contributed by atoms with van der Waals surface area (Å²) in [6.45, 7) is 30.1. The topological polar surface area (TPSA) is 6.48 Å². The number of fused-ring (bicyclic) bond motifs is 4. The first-order valence-corrected chi connectivity index (χ1v) is 13.0. The van der Waals surface area contributed by atoms with Crippen LogP contribution in [0, 0.1) is 28.6 Å². The number of hydrogen-bond acceptors (Lipinski definition) is 2. The van der Waals surface area contributed by atoms with E-state index in [2.05, 4.69) is 92.9 Å². The summed E-state index contributed by atoms with van der Waals surface area (Å²) < 4.78 is 0. The molecule has 184 valence electrons. The summed E-state index contributed by atoms with van der Waals surface area (Å²) >= 11 is 0. The van der Waals surface area contributed by atoms with Crippen molar-refractivity contribution in [3.8, 4) is 0 Å². The molecule has 0 aromatic carbocycles. The normalized spacial score (nSPS) is 36.4. The molecule has 6 atom stereocenters. The molecule has 31 heavy (non-hydrogen) atoms. The lowest BCUT2D eigenvalue weighted by molar-refractivity contribution is 0.0787. The van der Waals surface area contributed by atoms with Crippen molar-refractivity contribution in [3.05, 3.63) is 0 Å². The first-order chi connectivity index (χ1) is 13.4. The van der Waals surface area contributed by atoms with E-state index in [1.165, 1.54) is 38.6 Å². The van der Waals surface area contributed by atoms with Gasteiger partial charge >= 0.3 is 0 Å². The van der Waals surface area contributed by atoms with Crippen molar-refractivity contribution in [2.45, 2.75) is 152 Å². The molecule has 0 aromatic rings. The minimum absolute atomic E-state index is 0. The zero-order chi connectivity index (χ0) is 22.9. The van der Waals surface area contributed by atoms with Crippen molar-refractivity contribution >= 4 is 0 Å². The quantitative estimate of drug-likeness (QED) is 0.383. The Morgan fingerprint density at radius 3 is 1.48 bits per heavy atom. The third kappa shape index (κ3) is 5.37. The highest BCUT2D eigenvalue weighted by Gasteiger charge is 2.54. The molecular formula is C29H58N2. The van der Waals surface area contributed by atoms with Gasteiger partial charge < -0.3 is 0 Å². The zero-order valence-electron chi connectivity index (χ0n) is 22.6. The van der Waals surface area contributed by atoms with Gasteiger partial charge in [0.1, 0.15) is 0 Å². The Bertz CT molecular complexity index is 540. The van der Waals surface area contributed by atoms with Crippen LogP contribution in [0.1, 0.15) is 123 Å². The van der Waals surface area contributed by atoms with Crippen molar-refractivity contribution in [2.24, 2.45) is 28.6 Å². The van der Waals surface area contributed by atoms with Crippen LogP contribution in [0.3, 0.4) is 0 Å². The number of rotatable bonds is 0. The summed E-state index contributed by atoms with van der Waals surface area (Å²) in [5, 5.41) is 0. The minimum atomic E-state index is 0. The second-order valence-electron chi connectivity index (χ2n) is 15.2. The third-order valence-corrected chi connectivity index (χ3v) is 8.87. The van der Waals surface area contributed by atoms with Gasteiger partial charge in [-0.15, -0.1) is 0 Å². The highest BCUT2D eigenvalue weighted by Crippen LogP contribution is 2.53. The molecule has 3 aliphatic heterocycles. The maximum absolute atomic E-state index is 2.81. The van der Waals surface area contributed by atoms with Crippen molar-refractivity contribution in [1.82, 2.24) is 9.80 Å². The summed E-state index contributed by atoms with van der Waals surface area (Å²) in [6, 6.07) is 2.59. The van der Waals surface area contributed by atoms with E-state index in [-0.39, 0.29) is 7.43 Å². The fraction of sp³-hybridized carbons (Fsp3) is 1.00. The lowest BCUT2D eigenvalue weighted by Crippen LogP contribution is -2.47. The molecule has 2 heteroatoms. The summed E-state index contributed by atoms with van der Waals surface area (Å²) in [6.07, 6.45) is 7.22. The fourth-order valence-electron chi connectivity index (χ4n) is 8.02. The Morgan fingerprint density at radius 1 is 0.613 bits per heavy atom. The van der Waals surface area contributed by atoms with Crippen molar-refractivity contribution in [2.75, 3.05) is 6.54 Å². The Labute approximate surface area is 196 Å². The Kier molecular flexibility index (Phi) is 7.54. The second-order valence-corrected chi connectivity index (χ2v) is 15.2. The van der Waals surface area contributed by atoms with E-state index in [4.69, 9.17) is 0 Å². The summed E-state index contributed by atoms with van der Waals surface area (Å²) in [7, 11) is 0. The monoisotopic (exact) mass is 434 g/mol. The summed E-state index contributed by atoms with van der Waals surface area (Å²) in [4.78, 5) is 5.57. The molecule has 1 saturated carbocycles. The Morgan fingerprint density at radius 2 is 1.16 bits per heavy atom. The highest BCUT2D eigenvalue weighted by atomic mass is 15.3. The van der Waals surface area contributed by atoms with Crippen LogP contribution in [0.5, 0.6) is 0 Å². The molecule has 6 unspecified atom stereocenters. The van der Waals surface area contributed by atoms with Gasteiger partial charge in [0.05, 0.1) is 0 Å². The second kappa shape index (κ2) is 8.61. The summed E-state index contributed by atoms with van der Waals surface area (Å²) in [5.41, 5.74) is 1.71. The van der Waals surface area contributed by atoms with Gasteiger partial charge in [0.2, 0.25) is 0 Å². The van der Waals surface area contributed by atoms with E-state index in [0.717, 1.165) is 35.9 Å². The number of nitrogens with zero attached hydrogens (tertiary/aromatic N) is 2. The van der Waals surface area contributed by atoms with Gasteiger partial charge in [-0.05, 0) is 102 Å². The van der Waals surface area contributed by atoms with Gasteiger partial charge in [-0.3, -0.25) is 9.80 Å². The lowest BCUT2D eigenvalue weighted by Gasteiger charge is -2.40. The number of hydrogen-bond donors (Lipinski definition) is 0. The molecule has 4 rings (SSSR count). The van der Waals surface area contributed by atoms with Crippen molar-refractivity contribution in [1.29, 1.82) is 0 Å². The van der Waals surface area contributed by atoms with Gasteiger partial charge in [0.25, 0.3) is 0 Å². The van der Waals surface area contributed by atoms with Crippen LogP contribution < -0.4 is 0 Å². The smallest absolute Gasteiger partial charge is 0.0138 e. The van der Waals surface area contributed by atoms with Gasteiger partial charge in [-0.2, -0.15) is 0 Å². The van der Waals surface area contributed by atoms with E-state index in [0.29, 0.717) is 21.9 Å². The van der Waals surface area contributed by atoms with Gasteiger partial charge in [0.15, 0.2) is 0 Å². The Hall–Kier alpha value is -0.0800. The molecule has 3 saturated heterocycles. The SMILES string of the molecule is C.CC(C)(C)C1C2CCC1N(C(C)(C)C)C2.CC(C)(C)C1CC2CCC1N2C(C)(C)C. The molecule has 4 fully saturated rings. The maximum atomic E-state index is 2.81. The number of likely N-dealkylation sites (tertiary alicyclic amines) is 1. The van der Waals surface area contributed by atoms with E-state index >= 15 is 0 Å². The molecule has 0 amide bonds. The van der Waals surface area contributed by atoms with E-state index in [9.17, 15) is 0 Å². The van der Waals surface area contributed by atoms with E-state index in [1.54, 1.807) is 0 Å². The molecular weight excluding hydrogens is 376 g/mol. The summed E-state index contributed by atoms with van der Waals surface area (Å²) in [5.74, 6) is 2.81. The first kappa shape index (κ1) is 27.2. The standard InChI is InChI=1S/2C14H27N.CH4/c1-13(2,3)11-9-10-7-8-12(11)15(10)14(4,5)6;1-13(2,3)12-10-7-8-11(12)15(9-10)14(4,5)6;/h2*10-12H,7-9H2,1-6H3;1H4. The van der Waals surface area contributed by atoms with Crippen LogP contribution in [-0.4, -0.2) is 45.5 Å². The van der Waals surface area contributed by atoms with Crippen LogP contribution in [0.15, 0.2) is 0 Å². The first-order valence-electron chi connectivity index (χ1n) is 13.0. The predicted molar refractivity (Wildman–Crippen MR) is 139 cm³/mol. The average molecular weight is 435 g/mol. The van der Waals surface area contributed by atoms with Crippen LogP contribution in [0.2, 0.25) is 0 Å². The van der Waals surface area contributed by atoms with Gasteiger partial charge in [-0.1, -0.05) is 49.0 Å². The molecule has 3 heterocycles. The van der Waals surface area contributed by atoms with Crippen molar-refractivity contribution in [3.63, 3.8) is 0 Å². The molecule has 0 spiro atoms. The molecule has 2 nitrogen and oxygen atoms in total. The van der Waals surface area contributed by atoms with E-state index in [1.807, 2.05) is 0 Å². The van der Waals surface area contributed by atoms with Gasteiger partial charge in [-0.25, -0.2) is 0 Å². The zero-order valence-corrected chi connectivity index (χ0v) is 22.6. The lowest BCUT2D eigenvalue weighted by atomic mass is 9.72. The molecule has 4 bridgehead atoms. The molecule has 4 aliphatic rings. The van der Waals surface area contributed by atoms with Gasteiger partial charge in [0, 0.05) is 35.7 Å². The van der Waals surface area contributed by atoms with E-state index < -0.39 is 0 Å². The van der Waals surface area contributed by atoms with Crippen LogP contribution in [-0.2, 0) is 0 Å². The molecule has 0 N–H and O–H groups in total. The molecule has 0 aromatic heterocycles. The highest BCUT2D eigenvalue weighted by molar-refractivity contribution is 5.07. The predicted octanol–water partition coefficient (Wildman–Crippen LogP) is 7.86.